The Bertz CT molecular complexity index is 1420. The molecule has 2 saturated carbocycles. The van der Waals surface area contributed by atoms with Crippen LogP contribution in [-0.2, 0) is 29.0 Å². The van der Waals surface area contributed by atoms with Gasteiger partial charge in [-0.25, -0.2) is 13.2 Å². The molecular formula is C38H65N5O7S. The lowest BCUT2D eigenvalue weighted by Crippen LogP contribution is -2.64. The van der Waals surface area contributed by atoms with Gasteiger partial charge >= 0.3 is 6.03 Å². The molecule has 3 rings (SSSR count). The average molecular weight is 736 g/mol. The molecule has 0 spiro atoms. The van der Waals surface area contributed by atoms with Crippen molar-refractivity contribution in [3.8, 4) is 0 Å². The first kappa shape index (κ1) is 42.5. The third kappa shape index (κ3) is 10.1. The number of carbonyl (C=O) groups is 5. The molecule has 5 amide bonds. The minimum atomic E-state index is -3.57. The molecule has 1 unspecified atom stereocenters. The highest BCUT2D eigenvalue weighted by atomic mass is 32.2. The zero-order chi connectivity index (χ0) is 38.6. The van der Waals surface area contributed by atoms with Crippen LogP contribution in [0.2, 0.25) is 0 Å². The van der Waals surface area contributed by atoms with E-state index in [9.17, 15) is 32.4 Å². The van der Waals surface area contributed by atoms with E-state index in [1.165, 1.54) is 6.08 Å². The third-order valence-corrected chi connectivity index (χ3v) is 14.2. The Morgan fingerprint density at radius 3 is 2.14 bits per heavy atom. The van der Waals surface area contributed by atoms with Gasteiger partial charge in [0.2, 0.25) is 17.6 Å². The van der Waals surface area contributed by atoms with Crippen molar-refractivity contribution in [2.75, 3.05) is 18.8 Å². The minimum absolute atomic E-state index is 0.0143. The topological polar surface area (TPSA) is 171 Å². The van der Waals surface area contributed by atoms with Crippen LogP contribution in [0.5, 0.6) is 0 Å². The molecule has 4 N–H and O–H groups in total. The maximum Gasteiger partial charge on any atom is 0.315 e. The standard InChI is InChI=1S/C38H65N5O7S/c1-11-13-17-27(29(44)32(46)39-22-12-2)40-31(45)28-25-18-21-37(9,10)26(25)23-43(28)33(47)30(35(3,4)5)41-34(48)42-38(19-15-14-16-20-38)24-51(49,50)36(6,7)8/h12,25-28,30H,2,11,13-24H2,1,3-10H3,(H,39,46)(H,40,45)(H2,41,42,48)/t25-,26-,27?,28-,30+/m0/s1. The summed E-state index contributed by atoms with van der Waals surface area (Å²) in [6.45, 7) is 20.7. The zero-order valence-corrected chi connectivity index (χ0v) is 33.4. The summed E-state index contributed by atoms with van der Waals surface area (Å²) in [5, 5.41) is 11.3. The lowest BCUT2D eigenvalue weighted by atomic mass is 9.79. The Balaban J connectivity index is 1.92. The van der Waals surface area contributed by atoms with Crippen LogP contribution in [0.25, 0.3) is 0 Å². The molecule has 1 heterocycles. The molecule has 0 aromatic heterocycles. The second kappa shape index (κ2) is 16.4. The SMILES string of the molecule is C=CCNC(=O)C(=O)C(CCCC)NC(=O)[C@@H]1[C@H]2CCC(C)(C)[C@H]2CN1C(=O)[C@@H](NC(=O)NC1(CS(=O)(=O)C(C)(C)C)CCCCC1)C(C)(C)C. The Hall–Kier alpha value is -2.96. The van der Waals surface area contributed by atoms with E-state index in [4.69, 9.17) is 0 Å². The van der Waals surface area contributed by atoms with E-state index in [-0.39, 0.29) is 36.0 Å². The first-order chi connectivity index (χ1) is 23.5. The summed E-state index contributed by atoms with van der Waals surface area (Å²) in [6.07, 6.45) is 8.24. The summed E-state index contributed by atoms with van der Waals surface area (Å²) in [5.41, 5.74) is -1.88. The number of nitrogens with one attached hydrogen (secondary N) is 4. The molecule has 0 bridgehead atoms. The fourth-order valence-electron chi connectivity index (χ4n) is 8.07. The summed E-state index contributed by atoms with van der Waals surface area (Å²) in [5.74, 6) is -2.78. The van der Waals surface area contributed by atoms with Crippen LogP contribution in [0.15, 0.2) is 12.7 Å². The zero-order valence-electron chi connectivity index (χ0n) is 32.6. The molecule has 0 aromatic carbocycles. The molecule has 12 nitrogen and oxygen atoms in total. The van der Waals surface area contributed by atoms with Gasteiger partial charge < -0.3 is 26.2 Å². The second-order valence-corrected chi connectivity index (χ2v) is 20.7. The van der Waals surface area contributed by atoms with Crippen LogP contribution in [-0.4, -0.2) is 90.1 Å². The fraction of sp³-hybridized carbons (Fsp3) is 0.816. The van der Waals surface area contributed by atoms with Crippen molar-refractivity contribution in [2.45, 2.75) is 155 Å². The van der Waals surface area contributed by atoms with Gasteiger partial charge in [0.25, 0.3) is 5.91 Å². The molecule has 1 saturated heterocycles. The molecule has 0 aromatic rings. The second-order valence-electron chi connectivity index (χ2n) is 17.9. The van der Waals surface area contributed by atoms with Crippen molar-refractivity contribution in [2.24, 2.45) is 22.7 Å². The highest BCUT2D eigenvalue weighted by Crippen LogP contribution is 2.53. The first-order valence-electron chi connectivity index (χ1n) is 18.8. The van der Waals surface area contributed by atoms with Gasteiger partial charge in [0.1, 0.15) is 12.1 Å². The van der Waals surface area contributed by atoms with Crippen LogP contribution in [0, 0.1) is 22.7 Å². The lowest BCUT2D eigenvalue weighted by Gasteiger charge is -2.41. The number of Topliss-reactive ketones (excluding diaryl/α,β-unsaturated/α-hetero) is 1. The number of ketones is 1. The molecular weight excluding hydrogens is 671 g/mol. The number of fused-ring (bicyclic) bond motifs is 1. The Labute approximate surface area is 306 Å². The average Bonchev–Trinajstić information content (AvgIpc) is 3.55. The number of unbranched alkanes of at least 4 members (excludes halogenated alkanes) is 1. The van der Waals surface area contributed by atoms with Gasteiger partial charge in [-0.15, -0.1) is 6.58 Å². The largest absolute Gasteiger partial charge is 0.346 e. The monoisotopic (exact) mass is 735 g/mol. The van der Waals surface area contributed by atoms with E-state index in [0.29, 0.717) is 32.2 Å². The van der Waals surface area contributed by atoms with E-state index in [1.807, 2.05) is 27.7 Å². The summed E-state index contributed by atoms with van der Waals surface area (Å²) in [4.78, 5) is 70.3. The lowest BCUT2D eigenvalue weighted by molar-refractivity contribution is -0.144. The van der Waals surface area contributed by atoms with Crippen LogP contribution >= 0.6 is 0 Å². The van der Waals surface area contributed by atoms with Crippen molar-refractivity contribution < 1.29 is 32.4 Å². The number of urea groups is 1. The molecule has 13 heteroatoms. The fourth-order valence-corrected chi connectivity index (χ4v) is 9.59. The molecule has 3 fully saturated rings. The summed E-state index contributed by atoms with van der Waals surface area (Å²) >= 11 is 0. The molecule has 5 atom stereocenters. The third-order valence-electron chi connectivity index (χ3n) is 11.4. The number of amides is 5. The van der Waals surface area contributed by atoms with Gasteiger partial charge in [-0.3, -0.25) is 19.2 Å². The maximum absolute atomic E-state index is 14.7. The van der Waals surface area contributed by atoms with Crippen LogP contribution in [0.4, 0.5) is 4.79 Å². The minimum Gasteiger partial charge on any atom is -0.346 e. The highest BCUT2D eigenvalue weighted by molar-refractivity contribution is 7.92. The van der Waals surface area contributed by atoms with Gasteiger partial charge in [-0.1, -0.05) is 79.7 Å². The van der Waals surface area contributed by atoms with Crippen molar-refractivity contribution in [1.29, 1.82) is 0 Å². The van der Waals surface area contributed by atoms with E-state index >= 15 is 0 Å². The van der Waals surface area contributed by atoms with Gasteiger partial charge in [0, 0.05) is 13.1 Å². The predicted molar refractivity (Wildman–Crippen MR) is 199 cm³/mol. The summed E-state index contributed by atoms with van der Waals surface area (Å²) < 4.78 is 25.7. The molecule has 0 radical (unpaired) electrons. The van der Waals surface area contributed by atoms with Crippen LogP contribution in [0.3, 0.4) is 0 Å². The van der Waals surface area contributed by atoms with Gasteiger partial charge in [0.05, 0.1) is 22.1 Å². The summed E-state index contributed by atoms with van der Waals surface area (Å²) in [6, 6.07) is -3.61. The van der Waals surface area contributed by atoms with Gasteiger partial charge in [-0.05, 0) is 75.5 Å². The maximum atomic E-state index is 14.7. The number of carbonyl (C=O) groups excluding carboxylic acids is 5. The molecule has 3 aliphatic rings. The van der Waals surface area contributed by atoms with Crippen LogP contribution in [0.1, 0.15) is 127 Å². The summed E-state index contributed by atoms with van der Waals surface area (Å²) in [7, 11) is -3.57. The molecule has 51 heavy (non-hydrogen) atoms. The molecule has 2 aliphatic carbocycles. The number of sulfone groups is 1. The number of hydrogen-bond donors (Lipinski definition) is 4. The number of rotatable bonds is 14. The van der Waals surface area contributed by atoms with Gasteiger partial charge in [0.15, 0.2) is 9.84 Å². The normalized spacial score (nSPS) is 24.1. The Morgan fingerprint density at radius 2 is 1.59 bits per heavy atom. The van der Waals surface area contributed by atoms with Crippen LogP contribution < -0.4 is 21.3 Å². The van der Waals surface area contributed by atoms with Gasteiger partial charge in [-0.2, -0.15) is 0 Å². The van der Waals surface area contributed by atoms with Crippen molar-refractivity contribution >= 4 is 39.4 Å². The number of hydrogen-bond acceptors (Lipinski definition) is 7. The Kier molecular flexibility index (Phi) is 13.6. The number of likely N-dealkylation sites (tertiary alicyclic amines) is 1. The smallest absolute Gasteiger partial charge is 0.315 e. The van der Waals surface area contributed by atoms with E-state index in [2.05, 4.69) is 41.7 Å². The Morgan fingerprint density at radius 1 is 0.961 bits per heavy atom. The van der Waals surface area contributed by atoms with E-state index < -0.39 is 73.2 Å². The van der Waals surface area contributed by atoms with Crippen molar-refractivity contribution in [3.63, 3.8) is 0 Å². The van der Waals surface area contributed by atoms with E-state index in [0.717, 1.165) is 32.1 Å². The highest BCUT2D eigenvalue weighted by Gasteiger charge is 2.57. The molecule has 290 valence electrons. The number of nitrogens with zero attached hydrogens (tertiary/aromatic N) is 1. The van der Waals surface area contributed by atoms with E-state index in [1.54, 1.807) is 25.7 Å². The quantitative estimate of drug-likeness (QED) is 0.151. The first-order valence-corrected chi connectivity index (χ1v) is 20.5. The van der Waals surface area contributed by atoms with Crippen molar-refractivity contribution in [1.82, 2.24) is 26.2 Å². The molecule has 1 aliphatic heterocycles. The predicted octanol–water partition coefficient (Wildman–Crippen LogP) is 4.43. The van der Waals surface area contributed by atoms with Crippen molar-refractivity contribution in [3.05, 3.63) is 12.7 Å².